The molecule has 1 aliphatic heterocycles. The third kappa shape index (κ3) is 5.00. The van der Waals surface area contributed by atoms with Crippen LogP contribution in [0.1, 0.15) is 47.4 Å². The van der Waals surface area contributed by atoms with Gasteiger partial charge >= 0.3 is 0 Å². The molecule has 0 fully saturated rings. The van der Waals surface area contributed by atoms with Crippen molar-refractivity contribution in [3.8, 4) is 0 Å². The second kappa shape index (κ2) is 10.7. The van der Waals surface area contributed by atoms with Gasteiger partial charge in [-0.15, -0.1) is 0 Å². The van der Waals surface area contributed by atoms with Gasteiger partial charge in [0, 0.05) is 18.3 Å². The van der Waals surface area contributed by atoms with Crippen LogP contribution in [0.5, 0.6) is 0 Å². The first-order valence-electron chi connectivity index (χ1n) is 12.3. The van der Waals surface area contributed by atoms with E-state index in [9.17, 15) is 33.2 Å². The summed E-state index contributed by atoms with van der Waals surface area (Å²) in [6.07, 6.45) is 2.49. The highest BCUT2D eigenvalue weighted by molar-refractivity contribution is 7.93. The Balaban J connectivity index is 1.58. The van der Waals surface area contributed by atoms with Crippen molar-refractivity contribution in [1.82, 2.24) is 9.97 Å². The van der Waals surface area contributed by atoms with E-state index in [4.69, 9.17) is 0 Å². The fourth-order valence-corrected chi connectivity index (χ4v) is 6.94. The fraction of sp³-hybridized carbons (Fsp3) is 0.143. The molecule has 1 unspecified atom stereocenters. The summed E-state index contributed by atoms with van der Waals surface area (Å²) in [5.41, 5.74) is 1.06. The van der Waals surface area contributed by atoms with Crippen molar-refractivity contribution in [3.05, 3.63) is 117 Å². The third-order valence-electron chi connectivity index (χ3n) is 6.57. The maximum absolute atomic E-state index is 13.5. The Morgan fingerprint density at radius 1 is 1.05 bits per heavy atom. The van der Waals surface area contributed by atoms with E-state index in [2.05, 4.69) is 9.97 Å². The van der Waals surface area contributed by atoms with Crippen molar-refractivity contribution in [2.75, 3.05) is 4.90 Å². The van der Waals surface area contributed by atoms with E-state index in [1.165, 1.54) is 12.3 Å². The Kier molecular flexibility index (Phi) is 7.24. The normalized spacial score (nSPS) is 15.5. The van der Waals surface area contributed by atoms with E-state index in [1.807, 2.05) is 26.0 Å². The van der Waals surface area contributed by atoms with Crippen molar-refractivity contribution in [3.63, 3.8) is 0 Å². The van der Waals surface area contributed by atoms with E-state index in [0.717, 1.165) is 40.9 Å². The molecular formula is C28H22N4O7S2. The number of aliphatic hydroxyl groups is 1. The summed E-state index contributed by atoms with van der Waals surface area (Å²) >= 11 is 0.672. The van der Waals surface area contributed by atoms with E-state index >= 15 is 0 Å². The number of hydrogen-bond donors (Lipinski definition) is 1. The van der Waals surface area contributed by atoms with Crippen LogP contribution < -0.4 is 4.90 Å². The number of sulfone groups is 1. The number of Topliss-reactive ketones (excluding diaryl/α,β-unsaturated/α-hetero) is 1. The molecule has 0 radical (unpaired) electrons. The average molecular weight is 591 g/mol. The number of aromatic nitrogens is 2. The maximum Gasteiger partial charge on any atom is 0.296 e. The van der Waals surface area contributed by atoms with Crippen LogP contribution in [0.15, 0.2) is 99.6 Å². The number of carbonyl (C=O) groups is 2. The van der Waals surface area contributed by atoms with Crippen LogP contribution in [0, 0.1) is 10.1 Å². The van der Waals surface area contributed by atoms with Crippen LogP contribution in [0.3, 0.4) is 0 Å². The van der Waals surface area contributed by atoms with Crippen molar-refractivity contribution < 1.29 is 28.0 Å². The average Bonchev–Trinajstić information content (AvgIpc) is 3.56. The lowest BCUT2D eigenvalue weighted by molar-refractivity contribution is -0.384. The minimum absolute atomic E-state index is 0.0214. The monoisotopic (exact) mass is 590 g/mol. The van der Waals surface area contributed by atoms with Gasteiger partial charge in [0.25, 0.3) is 11.6 Å². The predicted octanol–water partition coefficient (Wildman–Crippen LogP) is 5.19. The van der Waals surface area contributed by atoms with Crippen molar-refractivity contribution in [2.24, 2.45) is 0 Å². The third-order valence-corrected chi connectivity index (χ3v) is 9.80. The number of benzene rings is 2. The zero-order valence-corrected chi connectivity index (χ0v) is 23.3. The van der Waals surface area contributed by atoms with Gasteiger partial charge in [-0.25, -0.2) is 13.4 Å². The molecule has 1 atom stereocenters. The molecule has 2 aromatic heterocycles. The number of rotatable bonds is 8. The Labute approximate surface area is 238 Å². The van der Waals surface area contributed by atoms with Crippen LogP contribution in [0.2, 0.25) is 0 Å². The highest BCUT2D eigenvalue weighted by Gasteiger charge is 2.46. The second-order valence-electron chi connectivity index (χ2n) is 9.42. The zero-order chi connectivity index (χ0) is 29.5. The molecule has 13 heteroatoms. The molecule has 1 N–H and O–H groups in total. The summed E-state index contributed by atoms with van der Waals surface area (Å²) in [5, 5.41) is 21.9. The largest absolute Gasteiger partial charge is 0.503 e. The van der Waals surface area contributed by atoms with Crippen LogP contribution >= 0.6 is 11.3 Å². The number of thiazole rings is 1. The molecule has 208 valence electrons. The van der Waals surface area contributed by atoms with Gasteiger partial charge in [-0.1, -0.05) is 55.5 Å². The first-order valence-corrected chi connectivity index (χ1v) is 14.6. The Morgan fingerprint density at radius 3 is 2.32 bits per heavy atom. The molecule has 1 aliphatic rings. The predicted molar refractivity (Wildman–Crippen MR) is 150 cm³/mol. The SMILES string of the molecule is CC(C)c1ccc(C2C(C(=O)c3ccccn3)=C(O)C(=O)N2c2ncc(S(=O)(=O)c3ccc([N+](=O)[O-])cc3)s2)cc1. The first-order chi connectivity index (χ1) is 19.5. The second-order valence-corrected chi connectivity index (χ2v) is 12.6. The number of nitro groups is 1. The summed E-state index contributed by atoms with van der Waals surface area (Å²) in [6, 6.07) is 15.2. The minimum atomic E-state index is -4.15. The van der Waals surface area contributed by atoms with Crippen molar-refractivity contribution in [2.45, 2.75) is 34.9 Å². The summed E-state index contributed by atoms with van der Waals surface area (Å²) in [4.78, 5) is 46.5. The Hall–Kier alpha value is -4.75. The van der Waals surface area contributed by atoms with Gasteiger partial charge in [-0.2, -0.15) is 0 Å². The summed E-state index contributed by atoms with van der Waals surface area (Å²) in [7, 11) is -4.15. The molecule has 11 nitrogen and oxygen atoms in total. The number of carbonyl (C=O) groups excluding carboxylic acids is 2. The molecule has 1 amide bonds. The number of nitrogens with zero attached hydrogens (tertiary/aromatic N) is 4. The molecule has 0 saturated carbocycles. The molecule has 0 bridgehead atoms. The molecule has 0 saturated heterocycles. The lowest BCUT2D eigenvalue weighted by Gasteiger charge is -2.24. The standard InChI is InChI=1S/C28H22N4O7S2/c1-16(2)17-6-8-18(9-7-17)24-23(25(33)21-5-3-4-14-29-21)26(34)27(35)31(24)28-30-15-22(40-28)41(38,39)20-12-10-19(11-13-20)32(36)37/h3-16,24,34H,1-2H3. The Morgan fingerprint density at radius 2 is 1.73 bits per heavy atom. The quantitative estimate of drug-likeness (QED) is 0.165. The number of aliphatic hydroxyl groups excluding tert-OH is 1. The summed E-state index contributed by atoms with van der Waals surface area (Å²) in [6.45, 7) is 4.04. The lowest BCUT2D eigenvalue weighted by Crippen LogP contribution is -2.31. The number of non-ortho nitro benzene ring substituents is 1. The number of pyridine rings is 1. The fourth-order valence-electron chi connectivity index (χ4n) is 4.40. The number of nitro benzene ring substituents is 1. The zero-order valence-electron chi connectivity index (χ0n) is 21.7. The van der Waals surface area contributed by atoms with Gasteiger partial charge in [-0.05, 0) is 41.3 Å². The highest BCUT2D eigenvalue weighted by Crippen LogP contribution is 2.44. The molecular weight excluding hydrogens is 568 g/mol. The first kappa shape index (κ1) is 27.8. The number of anilines is 1. The van der Waals surface area contributed by atoms with Gasteiger partial charge in [0.2, 0.25) is 15.6 Å². The number of amides is 1. The molecule has 0 spiro atoms. The summed E-state index contributed by atoms with van der Waals surface area (Å²) < 4.78 is 26.3. The van der Waals surface area contributed by atoms with E-state index < -0.39 is 38.3 Å². The molecule has 0 aliphatic carbocycles. The highest BCUT2D eigenvalue weighted by atomic mass is 32.2. The van der Waals surface area contributed by atoms with Gasteiger partial charge in [0.1, 0.15) is 9.90 Å². The Bertz CT molecular complexity index is 1800. The topological polar surface area (TPSA) is 161 Å². The molecule has 41 heavy (non-hydrogen) atoms. The van der Waals surface area contributed by atoms with Crippen molar-refractivity contribution in [1.29, 1.82) is 0 Å². The van der Waals surface area contributed by atoms with Crippen molar-refractivity contribution >= 4 is 43.7 Å². The van der Waals surface area contributed by atoms with E-state index in [-0.39, 0.29) is 37.1 Å². The van der Waals surface area contributed by atoms with Gasteiger partial charge in [-0.3, -0.25) is 29.6 Å². The number of hydrogen-bond acceptors (Lipinski definition) is 10. The van der Waals surface area contributed by atoms with Crippen LogP contribution in [-0.2, 0) is 14.6 Å². The maximum atomic E-state index is 13.5. The lowest BCUT2D eigenvalue weighted by atomic mass is 9.92. The smallest absolute Gasteiger partial charge is 0.296 e. The van der Waals surface area contributed by atoms with E-state index in [1.54, 1.807) is 24.3 Å². The number of ketones is 1. The van der Waals surface area contributed by atoms with E-state index in [0.29, 0.717) is 16.9 Å². The van der Waals surface area contributed by atoms with Gasteiger partial charge in [0.05, 0.1) is 27.6 Å². The van der Waals surface area contributed by atoms with Crippen LogP contribution in [0.25, 0.3) is 0 Å². The van der Waals surface area contributed by atoms with Crippen LogP contribution in [-0.4, -0.2) is 40.1 Å². The van der Waals surface area contributed by atoms with Gasteiger partial charge in [0.15, 0.2) is 10.9 Å². The molecule has 2 aromatic carbocycles. The molecule has 5 rings (SSSR count). The molecule has 3 heterocycles. The minimum Gasteiger partial charge on any atom is -0.503 e. The van der Waals surface area contributed by atoms with Crippen LogP contribution in [0.4, 0.5) is 10.8 Å². The summed E-state index contributed by atoms with van der Waals surface area (Å²) in [5.74, 6) is -2.15. The van der Waals surface area contributed by atoms with Gasteiger partial charge < -0.3 is 5.11 Å². The molecule has 4 aromatic rings.